The maximum atomic E-state index is 5.81. The van der Waals surface area contributed by atoms with Gasteiger partial charge in [-0.1, -0.05) is 26.3 Å². The van der Waals surface area contributed by atoms with Crippen molar-refractivity contribution >= 4 is 21.6 Å². The van der Waals surface area contributed by atoms with Gasteiger partial charge in [0.25, 0.3) is 0 Å². The van der Waals surface area contributed by atoms with Crippen molar-refractivity contribution in [2.24, 2.45) is 5.41 Å². The van der Waals surface area contributed by atoms with Crippen molar-refractivity contribution in [1.29, 1.82) is 0 Å². The largest absolute Gasteiger partial charge is 0.398 e. The Balaban J connectivity index is 1.93. The van der Waals surface area contributed by atoms with E-state index in [1.54, 1.807) is 0 Å². The summed E-state index contributed by atoms with van der Waals surface area (Å²) in [5.41, 5.74) is 8.54. The van der Waals surface area contributed by atoms with Crippen LogP contribution in [0.5, 0.6) is 0 Å². The molecule has 0 bridgehead atoms. The lowest BCUT2D eigenvalue weighted by Gasteiger charge is -2.39. The van der Waals surface area contributed by atoms with Crippen LogP contribution in [0.1, 0.15) is 38.7 Å². The maximum absolute atomic E-state index is 5.81. The van der Waals surface area contributed by atoms with Gasteiger partial charge < -0.3 is 5.73 Å². The smallest absolute Gasteiger partial charge is 0.0458 e. The Bertz CT molecular complexity index is 409. The zero-order chi connectivity index (χ0) is 13.2. The van der Waals surface area contributed by atoms with E-state index >= 15 is 0 Å². The Hall–Kier alpha value is -0.540. The molecule has 2 nitrogen and oxygen atoms in total. The van der Waals surface area contributed by atoms with E-state index in [-0.39, 0.29) is 0 Å². The fourth-order valence-electron chi connectivity index (χ4n) is 2.53. The van der Waals surface area contributed by atoms with Gasteiger partial charge in [-0.05, 0) is 65.0 Å². The van der Waals surface area contributed by atoms with Gasteiger partial charge >= 0.3 is 0 Å². The number of hydrogen-bond donors (Lipinski definition) is 1. The van der Waals surface area contributed by atoms with Gasteiger partial charge in [0.1, 0.15) is 0 Å². The number of rotatable bonds is 3. The summed E-state index contributed by atoms with van der Waals surface area (Å²) in [5.74, 6) is 0. The molecule has 0 spiro atoms. The number of benzene rings is 1. The van der Waals surface area contributed by atoms with Gasteiger partial charge in [-0.25, -0.2) is 0 Å². The summed E-state index contributed by atoms with van der Waals surface area (Å²) in [4.78, 5) is 2.55. The van der Waals surface area contributed by atoms with Crippen molar-refractivity contribution in [2.75, 3.05) is 18.8 Å². The number of nitrogens with two attached hydrogens (primary N) is 1. The van der Waals surface area contributed by atoms with E-state index in [0.717, 1.165) is 16.7 Å². The highest BCUT2D eigenvalue weighted by atomic mass is 79.9. The standard InChI is InChI=1S/C15H23BrN2/c1-3-15(2)6-8-18(9-7-15)11-12-4-5-14(17)13(16)10-12/h4-5,10H,3,6-9,11,17H2,1-2H3. The van der Waals surface area contributed by atoms with Crippen LogP contribution in [0.25, 0.3) is 0 Å². The number of anilines is 1. The van der Waals surface area contributed by atoms with Gasteiger partial charge in [-0.3, -0.25) is 4.90 Å². The average Bonchev–Trinajstić information content (AvgIpc) is 2.37. The SMILES string of the molecule is CCC1(C)CCN(Cc2ccc(N)c(Br)c2)CC1. The van der Waals surface area contributed by atoms with Crippen LogP contribution in [0.15, 0.2) is 22.7 Å². The van der Waals surface area contributed by atoms with Gasteiger partial charge in [0.15, 0.2) is 0 Å². The van der Waals surface area contributed by atoms with Gasteiger partial charge in [0.05, 0.1) is 0 Å². The maximum Gasteiger partial charge on any atom is 0.0458 e. The summed E-state index contributed by atoms with van der Waals surface area (Å²) in [6.45, 7) is 8.20. The summed E-state index contributed by atoms with van der Waals surface area (Å²) in [5, 5.41) is 0. The second-order valence-electron chi connectivity index (χ2n) is 5.80. The van der Waals surface area contributed by atoms with Crippen molar-refractivity contribution in [3.05, 3.63) is 28.2 Å². The Kier molecular flexibility index (Phi) is 4.33. The summed E-state index contributed by atoms with van der Waals surface area (Å²) in [7, 11) is 0. The third-order valence-corrected chi connectivity index (χ3v) is 5.07. The predicted octanol–water partition coefficient (Wildman–Crippen LogP) is 4.04. The molecule has 1 saturated heterocycles. The first-order chi connectivity index (χ1) is 8.52. The number of nitrogen functional groups attached to an aromatic ring is 1. The van der Waals surface area contributed by atoms with Crippen LogP contribution in [-0.2, 0) is 6.54 Å². The lowest BCUT2D eigenvalue weighted by atomic mass is 9.78. The van der Waals surface area contributed by atoms with Crippen LogP contribution in [0.3, 0.4) is 0 Å². The quantitative estimate of drug-likeness (QED) is 0.854. The Morgan fingerprint density at radius 3 is 2.56 bits per heavy atom. The van der Waals surface area contributed by atoms with Gasteiger partial charge in [-0.15, -0.1) is 0 Å². The van der Waals surface area contributed by atoms with Crippen molar-refractivity contribution in [2.45, 2.75) is 39.7 Å². The molecule has 0 aliphatic carbocycles. The van der Waals surface area contributed by atoms with E-state index in [2.05, 4.69) is 46.8 Å². The zero-order valence-electron chi connectivity index (χ0n) is 11.4. The fourth-order valence-corrected chi connectivity index (χ4v) is 2.96. The summed E-state index contributed by atoms with van der Waals surface area (Å²) < 4.78 is 1.01. The van der Waals surface area contributed by atoms with Crippen molar-refractivity contribution in [1.82, 2.24) is 4.90 Å². The third kappa shape index (κ3) is 3.27. The van der Waals surface area contributed by atoms with E-state index in [0.29, 0.717) is 5.41 Å². The van der Waals surface area contributed by atoms with Crippen LogP contribution in [0, 0.1) is 5.41 Å². The lowest BCUT2D eigenvalue weighted by molar-refractivity contribution is 0.109. The molecule has 1 fully saturated rings. The number of likely N-dealkylation sites (tertiary alicyclic amines) is 1. The van der Waals surface area contributed by atoms with E-state index in [9.17, 15) is 0 Å². The Morgan fingerprint density at radius 2 is 2.00 bits per heavy atom. The number of nitrogens with zero attached hydrogens (tertiary/aromatic N) is 1. The molecule has 3 heteroatoms. The van der Waals surface area contributed by atoms with Crippen molar-refractivity contribution in [3.8, 4) is 0 Å². The third-order valence-electron chi connectivity index (χ3n) is 4.39. The number of hydrogen-bond acceptors (Lipinski definition) is 2. The highest BCUT2D eigenvalue weighted by Gasteiger charge is 2.27. The molecule has 18 heavy (non-hydrogen) atoms. The second kappa shape index (κ2) is 5.62. The summed E-state index contributed by atoms with van der Waals surface area (Å²) >= 11 is 3.50. The number of halogens is 1. The molecular weight excluding hydrogens is 288 g/mol. The molecule has 100 valence electrons. The van der Waals surface area contributed by atoms with E-state index in [4.69, 9.17) is 5.73 Å². The first-order valence-electron chi connectivity index (χ1n) is 6.79. The van der Waals surface area contributed by atoms with Gasteiger partial charge in [0, 0.05) is 16.7 Å². The highest BCUT2D eigenvalue weighted by molar-refractivity contribution is 9.10. The molecule has 1 heterocycles. The van der Waals surface area contributed by atoms with E-state index < -0.39 is 0 Å². The van der Waals surface area contributed by atoms with Crippen molar-refractivity contribution in [3.63, 3.8) is 0 Å². The molecule has 0 saturated carbocycles. The van der Waals surface area contributed by atoms with Crippen LogP contribution in [0.2, 0.25) is 0 Å². The minimum absolute atomic E-state index is 0.568. The van der Waals surface area contributed by atoms with E-state index in [1.807, 2.05) is 6.07 Å². The molecule has 2 N–H and O–H groups in total. The van der Waals surface area contributed by atoms with Crippen LogP contribution >= 0.6 is 15.9 Å². The van der Waals surface area contributed by atoms with E-state index in [1.165, 1.54) is 37.9 Å². The molecule has 0 radical (unpaired) electrons. The monoisotopic (exact) mass is 310 g/mol. The molecule has 0 amide bonds. The Morgan fingerprint density at radius 1 is 1.33 bits per heavy atom. The minimum Gasteiger partial charge on any atom is -0.398 e. The fraction of sp³-hybridized carbons (Fsp3) is 0.600. The van der Waals surface area contributed by atoms with Crippen LogP contribution in [-0.4, -0.2) is 18.0 Å². The van der Waals surface area contributed by atoms with Crippen LogP contribution < -0.4 is 5.73 Å². The molecule has 1 aromatic carbocycles. The number of piperidine rings is 1. The highest BCUT2D eigenvalue weighted by Crippen LogP contribution is 2.34. The minimum atomic E-state index is 0.568. The first-order valence-corrected chi connectivity index (χ1v) is 7.58. The molecule has 1 aliphatic rings. The molecule has 2 rings (SSSR count). The molecule has 0 atom stereocenters. The van der Waals surface area contributed by atoms with Gasteiger partial charge in [-0.2, -0.15) is 0 Å². The molecule has 0 unspecified atom stereocenters. The predicted molar refractivity (Wildman–Crippen MR) is 81.5 cm³/mol. The molecular formula is C15H23BrN2. The molecule has 1 aromatic rings. The zero-order valence-corrected chi connectivity index (χ0v) is 13.0. The Labute approximate surface area is 119 Å². The van der Waals surface area contributed by atoms with Crippen molar-refractivity contribution < 1.29 is 0 Å². The summed E-state index contributed by atoms with van der Waals surface area (Å²) in [6, 6.07) is 6.26. The molecule has 1 aliphatic heterocycles. The average molecular weight is 311 g/mol. The lowest BCUT2D eigenvalue weighted by Crippen LogP contribution is -2.37. The summed E-state index contributed by atoms with van der Waals surface area (Å²) in [6.07, 6.45) is 3.94. The molecule has 0 aromatic heterocycles. The van der Waals surface area contributed by atoms with Gasteiger partial charge in [0.2, 0.25) is 0 Å². The normalized spacial score (nSPS) is 19.9. The van der Waals surface area contributed by atoms with Crippen LogP contribution in [0.4, 0.5) is 5.69 Å². The topological polar surface area (TPSA) is 29.3 Å². The second-order valence-corrected chi connectivity index (χ2v) is 6.65. The first kappa shape index (κ1) is 13.9.